The second kappa shape index (κ2) is 5.52. The van der Waals surface area contributed by atoms with Crippen LogP contribution >= 0.6 is 0 Å². The molecule has 0 N–H and O–H groups in total. The summed E-state index contributed by atoms with van der Waals surface area (Å²) < 4.78 is 2.34. The van der Waals surface area contributed by atoms with Crippen LogP contribution in [-0.4, -0.2) is 39.1 Å². The van der Waals surface area contributed by atoms with Crippen LogP contribution in [0.25, 0.3) is 11.2 Å². The highest BCUT2D eigenvalue weighted by atomic mass is 15.2. The molecular weight excluding hydrogens is 248 g/mol. The van der Waals surface area contributed by atoms with Crippen LogP contribution < -0.4 is 0 Å². The number of imidazole rings is 1. The van der Waals surface area contributed by atoms with E-state index in [0.717, 1.165) is 23.5 Å². The molecule has 20 heavy (non-hydrogen) atoms. The zero-order chi connectivity index (χ0) is 14.1. The Morgan fingerprint density at radius 3 is 2.95 bits per heavy atom. The molecule has 0 amide bonds. The minimum atomic E-state index is 0.429. The van der Waals surface area contributed by atoms with Crippen molar-refractivity contribution in [2.45, 2.75) is 51.6 Å². The summed E-state index contributed by atoms with van der Waals surface area (Å²) in [5, 5.41) is 0. The Balaban J connectivity index is 1.98. The Bertz CT molecular complexity index is 587. The van der Waals surface area contributed by atoms with Crippen molar-refractivity contribution in [3.8, 4) is 0 Å². The number of rotatable bonds is 3. The number of hydrogen-bond donors (Lipinski definition) is 0. The summed E-state index contributed by atoms with van der Waals surface area (Å²) in [7, 11) is 2.24. The number of likely N-dealkylation sites (N-methyl/N-ethyl adjacent to an activating group) is 1. The zero-order valence-corrected chi connectivity index (χ0v) is 12.7. The molecule has 1 aliphatic rings. The summed E-state index contributed by atoms with van der Waals surface area (Å²) in [5.74, 6) is 1.59. The summed E-state index contributed by atoms with van der Waals surface area (Å²) >= 11 is 0. The molecule has 1 aliphatic heterocycles. The van der Waals surface area contributed by atoms with Crippen LogP contribution in [-0.2, 0) is 6.54 Å². The van der Waals surface area contributed by atoms with Gasteiger partial charge in [-0.3, -0.25) is 0 Å². The first-order valence-electron chi connectivity index (χ1n) is 7.68. The molecule has 2 aromatic rings. The van der Waals surface area contributed by atoms with Crippen LogP contribution in [0.15, 0.2) is 18.3 Å². The van der Waals surface area contributed by atoms with Gasteiger partial charge in [0.05, 0.1) is 0 Å². The lowest BCUT2D eigenvalue weighted by Crippen LogP contribution is -2.39. The van der Waals surface area contributed by atoms with Gasteiger partial charge in [-0.05, 0) is 38.6 Å². The summed E-state index contributed by atoms with van der Waals surface area (Å²) in [5.41, 5.74) is 2.06. The van der Waals surface area contributed by atoms with E-state index in [0.29, 0.717) is 12.0 Å². The number of hydrogen-bond acceptors (Lipinski definition) is 3. The number of likely N-dealkylation sites (tertiary alicyclic amines) is 1. The Morgan fingerprint density at radius 1 is 1.35 bits per heavy atom. The summed E-state index contributed by atoms with van der Waals surface area (Å²) in [6.07, 6.45) is 5.81. The van der Waals surface area contributed by atoms with Crippen molar-refractivity contribution in [3.63, 3.8) is 0 Å². The third-order valence-corrected chi connectivity index (χ3v) is 4.36. The SMILES string of the molecule is CC(C)c1nc2cccnc2n1CC1CCCCN1C. The molecule has 4 nitrogen and oxygen atoms in total. The normalized spacial score (nSPS) is 20.9. The standard InChI is InChI=1S/C16H24N4/c1-12(2)15-18-14-8-6-9-17-16(14)20(15)11-13-7-4-5-10-19(13)3/h6,8-9,12-13H,4-5,7,10-11H2,1-3H3. The lowest BCUT2D eigenvalue weighted by atomic mass is 10.0. The Kier molecular flexibility index (Phi) is 3.74. The molecule has 1 saturated heterocycles. The van der Waals surface area contributed by atoms with E-state index >= 15 is 0 Å². The van der Waals surface area contributed by atoms with Gasteiger partial charge in [0.15, 0.2) is 5.65 Å². The van der Waals surface area contributed by atoms with Crippen molar-refractivity contribution in [1.29, 1.82) is 0 Å². The maximum atomic E-state index is 4.78. The van der Waals surface area contributed by atoms with Crippen LogP contribution in [0.3, 0.4) is 0 Å². The van der Waals surface area contributed by atoms with Gasteiger partial charge < -0.3 is 9.47 Å². The molecule has 1 fully saturated rings. The van der Waals surface area contributed by atoms with E-state index < -0.39 is 0 Å². The van der Waals surface area contributed by atoms with Gasteiger partial charge in [-0.1, -0.05) is 20.3 Å². The van der Waals surface area contributed by atoms with Gasteiger partial charge >= 0.3 is 0 Å². The molecule has 0 spiro atoms. The zero-order valence-electron chi connectivity index (χ0n) is 12.7. The van der Waals surface area contributed by atoms with Crippen LogP contribution in [0, 0.1) is 0 Å². The first-order valence-corrected chi connectivity index (χ1v) is 7.68. The van der Waals surface area contributed by atoms with Crippen molar-refractivity contribution in [3.05, 3.63) is 24.2 Å². The molecule has 1 unspecified atom stereocenters. The number of aromatic nitrogens is 3. The Hall–Kier alpha value is -1.42. The van der Waals surface area contributed by atoms with Gasteiger partial charge in [-0.2, -0.15) is 0 Å². The maximum Gasteiger partial charge on any atom is 0.160 e. The number of fused-ring (bicyclic) bond motifs is 1. The lowest BCUT2D eigenvalue weighted by molar-refractivity contribution is 0.167. The highest BCUT2D eigenvalue weighted by Gasteiger charge is 2.22. The predicted molar refractivity (Wildman–Crippen MR) is 81.9 cm³/mol. The van der Waals surface area contributed by atoms with E-state index in [4.69, 9.17) is 4.98 Å². The van der Waals surface area contributed by atoms with E-state index in [-0.39, 0.29) is 0 Å². The molecule has 0 aromatic carbocycles. The van der Waals surface area contributed by atoms with Crippen molar-refractivity contribution in [2.24, 2.45) is 0 Å². The molecule has 0 saturated carbocycles. The van der Waals surface area contributed by atoms with Crippen LogP contribution in [0.2, 0.25) is 0 Å². The molecule has 4 heteroatoms. The topological polar surface area (TPSA) is 34.0 Å². The van der Waals surface area contributed by atoms with Crippen molar-refractivity contribution < 1.29 is 0 Å². The number of nitrogens with zero attached hydrogens (tertiary/aromatic N) is 4. The van der Waals surface area contributed by atoms with E-state index in [2.05, 4.69) is 41.4 Å². The third-order valence-electron chi connectivity index (χ3n) is 4.36. The third kappa shape index (κ3) is 2.44. The van der Waals surface area contributed by atoms with Crippen LogP contribution in [0.1, 0.15) is 44.9 Å². The van der Waals surface area contributed by atoms with Gasteiger partial charge in [0.2, 0.25) is 0 Å². The molecular formula is C16H24N4. The molecule has 1 atom stereocenters. The molecule has 2 aromatic heterocycles. The highest BCUT2D eigenvalue weighted by molar-refractivity contribution is 5.71. The fraction of sp³-hybridized carbons (Fsp3) is 0.625. The predicted octanol–water partition coefficient (Wildman–Crippen LogP) is 3.04. The molecule has 0 bridgehead atoms. The highest BCUT2D eigenvalue weighted by Crippen LogP contribution is 2.24. The average Bonchev–Trinajstić information content (AvgIpc) is 2.81. The quantitative estimate of drug-likeness (QED) is 0.861. The van der Waals surface area contributed by atoms with Gasteiger partial charge in [0, 0.05) is 24.7 Å². The largest absolute Gasteiger partial charge is 0.311 e. The van der Waals surface area contributed by atoms with Crippen molar-refractivity contribution in [2.75, 3.05) is 13.6 Å². The maximum absolute atomic E-state index is 4.78. The second-order valence-corrected chi connectivity index (χ2v) is 6.21. The van der Waals surface area contributed by atoms with Crippen molar-refractivity contribution in [1.82, 2.24) is 19.4 Å². The lowest BCUT2D eigenvalue weighted by Gasteiger charge is -2.33. The monoisotopic (exact) mass is 272 g/mol. The van der Waals surface area contributed by atoms with E-state index in [1.807, 2.05) is 12.3 Å². The smallest absolute Gasteiger partial charge is 0.160 e. The minimum absolute atomic E-state index is 0.429. The number of piperidine rings is 1. The van der Waals surface area contributed by atoms with E-state index in [1.54, 1.807) is 0 Å². The van der Waals surface area contributed by atoms with Crippen LogP contribution in [0.5, 0.6) is 0 Å². The Labute approximate surface area is 120 Å². The first kappa shape index (κ1) is 13.6. The molecule has 0 radical (unpaired) electrons. The van der Waals surface area contributed by atoms with Gasteiger partial charge in [0.25, 0.3) is 0 Å². The molecule has 3 rings (SSSR count). The summed E-state index contributed by atoms with van der Waals surface area (Å²) in [4.78, 5) is 11.8. The van der Waals surface area contributed by atoms with Gasteiger partial charge in [0.1, 0.15) is 11.3 Å². The average molecular weight is 272 g/mol. The number of pyridine rings is 1. The minimum Gasteiger partial charge on any atom is -0.311 e. The van der Waals surface area contributed by atoms with Crippen LogP contribution in [0.4, 0.5) is 0 Å². The fourth-order valence-electron chi connectivity index (χ4n) is 3.18. The summed E-state index contributed by atoms with van der Waals surface area (Å²) in [6.45, 7) is 6.64. The van der Waals surface area contributed by atoms with E-state index in [1.165, 1.54) is 25.8 Å². The Morgan fingerprint density at radius 2 is 2.20 bits per heavy atom. The van der Waals surface area contributed by atoms with E-state index in [9.17, 15) is 0 Å². The molecule has 3 heterocycles. The fourth-order valence-corrected chi connectivity index (χ4v) is 3.18. The summed E-state index contributed by atoms with van der Waals surface area (Å²) in [6, 6.07) is 4.65. The molecule has 108 valence electrons. The second-order valence-electron chi connectivity index (χ2n) is 6.21. The van der Waals surface area contributed by atoms with Crippen molar-refractivity contribution >= 4 is 11.2 Å². The first-order chi connectivity index (χ1) is 9.66. The molecule has 0 aliphatic carbocycles. The van der Waals surface area contributed by atoms with Gasteiger partial charge in [-0.25, -0.2) is 9.97 Å². The van der Waals surface area contributed by atoms with Gasteiger partial charge in [-0.15, -0.1) is 0 Å².